The monoisotopic (exact) mass is 203 g/mol. The summed E-state index contributed by atoms with van der Waals surface area (Å²) in [6.45, 7) is 9.19. The maximum Gasteiger partial charge on any atom is 0.0178 e. The molecule has 0 spiro atoms. The van der Waals surface area contributed by atoms with Crippen molar-refractivity contribution in [1.29, 1.82) is 0 Å². The zero-order valence-electron chi connectivity index (χ0n) is 9.76. The normalized spacial score (nSPS) is 18.2. The summed E-state index contributed by atoms with van der Waals surface area (Å²) in [6, 6.07) is 0.675. The van der Waals surface area contributed by atoms with Crippen LogP contribution in [-0.4, -0.2) is 24.1 Å². The lowest BCUT2D eigenvalue weighted by molar-refractivity contribution is 0.539. The first-order valence-electron chi connectivity index (χ1n) is 5.44. The third-order valence-electron chi connectivity index (χ3n) is 2.72. The van der Waals surface area contributed by atoms with Gasteiger partial charge in [0.05, 0.1) is 0 Å². The second-order valence-corrected chi connectivity index (χ2v) is 5.27. The molecule has 2 heteroatoms. The molecule has 0 saturated carbocycles. The van der Waals surface area contributed by atoms with E-state index in [0.29, 0.717) is 6.04 Å². The zero-order chi connectivity index (χ0) is 10.3. The van der Waals surface area contributed by atoms with E-state index in [9.17, 15) is 0 Å². The van der Waals surface area contributed by atoms with Crippen molar-refractivity contribution in [3.8, 4) is 0 Å². The van der Waals surface area contributed by atoms with E-state index in [1.54, 1.807) is 0 Å². The van der Waals surface area contributed by atoms with Crippen molar-refractivity contribution in [3.05, 3.63) is 0 Å². The topological polar surface area (TPSA) is 12.0 Å². The Morgan fingerprint density at radius 1 is 1.15 bits per heavy atom. The average Bonchev–Trinajstić information content (AvgIpc) is 2.16. The van der Waals surface area contributed by atoms with Gasteiger partial charge in [0.25, 0.3) is 0 Å². The van der Waals surface area contributed by atoms with Crippen molar-refractivity contribution >= 4 is 11.8 Å². The number of thioether (sulfide) groups is 1. The standard InChI is InChI=1S/C11H25NS/c1-6-9(3)8-13-10(4)11(7-2)12-5/h9-12H,6-8H2,1-5H3. The fourth-order valence-electron chi connectivity index (χ4n) is 1.32. The van der Waals surface area contributed by atoms with E-state index in [1.165, 1.54) is 18.6 Å². The summed E-state index contributed by atoms with van der Waals surface area (Å²) in [5.41, 5.74) is 0. The highest BCUT2D eigenvalue weighted by Gasteiger charge is 2.14. The van der Waals surface area contributed by atoms with Crippen molar-refractivity contribution in [1.82, 2.24) is 5.32 Å². The number of rotatable bonds is 7. The number of hydrogen-bond donors (Lipinski definition) is 1. The lowest BCUT2D eigenvalue weighted by Gasteiger charge is -2.22. The van der Waals surface area contributed by atoms with Gasteiger partial charge in [-0.2, -0.15) is 11.8 Å². The summed E-state index contributed by atoms with van der Waals surface area (Å²) in [4.78, 5) is 0. The smallest absolute Gasteiger partial charge is 0.0178 e. The van der Waals surface area contributed by atoms with Crippen LogP contribution in [-0.2, 0) is 0 Å². The summed E-state index contributed by atoms with van der Waals surface area (Å²) < 4.78 is 0. The van der Waals surface area contributed by atoms with Crippen LogP contribution in [0.25, 0.3) is 0 Å². The summed E-state index contributed by atoms with van der Waals surface area (Å²) in [6.07, 6.45) is 2.53. The fourth-order valence-corrected chi connectivity index (χ4v) is 2.75. The number of hydrogen-bond acceptors (Lipinski definition) is 2. The highest BCUT2D eigenvalue weighted by atomic mass is 32.2. The van der Waals surface area contributed by atoms with E-state index in [-0.39, 0.29) is 0 Å². The molecule has 1 N–H and O–H groups in total. The minimum absolute atomic E-state index is 0.675. The van der Waals surface area contributed by atoms with Gasteiger partial charge in [-0.1, -0.05) is 34.1 Å². The summed E-state index contributed by atoms with van der Waals surface area (Å²) >= 11 is 2.10. The van der Waals surface area contributed by atoms with Gasteiger partial charge in [0.1, 0.15) is 0 Å². The largest absolute Gasteiger partial charge is 0.316 e. The van der Waals surface area contributed by atoms with Gasteiger partial charge in [0, 0.05) is 11.3 Å². The Balaban J connectivity index is 3.65. The van der Waals surface area contributed by atoms with Crippen LogP contribution in [0.3, 0.4) is 0 Å². The molecule has 0 aliphatic heterocycles. The van der Waals surface area contributed by atoms with Gasteiger partial charge in [-0.15, -0.1) is 0 Å². The summed E-state index contributed by atoms with van der Waals surface area (Å²) in [5.74, 6) is 2.16. The van der Waals surface area contributed by atoms with Crippen molar-refractivity contribution in [2.75, 3.05) is 12.8 Å². The zero-order valence-corrected chi connectivity index (χ0v) is 10.6. The molecule has 3 atom stereocenters. The first kappa shape index (κ1) is 13.3. The minimum Gasteiger partial charge on any atom is -0.316 e. The van der Waals surface area contributed by atoms with Crippen molar-refractivity contribution in [3.63, 3.8) is 0 Å². The van der Waals surface area contributed by atoms with Crippen molar-refractivity contribution < 1.29 is 0 Å². The third-order valence-corrected chi connectivity index (χ3v) is 4.33. The van der Waals surface area contributed by atoms with E-state index < -0.39 is 0 Å². The van der Waals surface area contributed by atoms with Gasteiger partial charge < -0.3 is 5.32 Å². The highest BCUT2D eigenvalue weighted by molar-refractivity contribution is 7.99. The van der Waals surface area contributed by atoms with Crippen LogP contribution in [0.1, 0.15) is 40.5 Å². The quantitative estimate of drug-likeness (QED) is 0.682. The van der Waals surface area contributed by atoms with E-state index in [1.807, 2.05) is 0 Å². The molecule has 0 rings (SSSR count). The molecule has 0 bridgehead atoms. The molecule has 0 aliphatic rings. The number of nitrogens with one attached hydrogen (secondary N) is 1. The first-order chi connectivity index (χ1) is 6.15. The maximum atomic E-state index is 3.37. The lowest BCUT2D eigenvalue weighted by atomic mass is 10.2. The van der Waals surface area contributed by atoms with Gasteiger partial charge >= 0.3 is 0 Å². The maximum absolute atomic E-state index is 3.37. The van der Waals surface area contributed by atoms with E-state index in [0.717, 1.165) is 11.2 Å². The predicted molar refractivity (Wildman–Crippen MR) is 64.5 cm³/mol. The Hall–Kier alpha value is 0.310. The third kappa shape index (κ3) is 5.58. The molecule has 0 saturated heterocycles. The SMILES string of the molecule is CCC(C)CSC(C)C(CC)NC. The first-order valence-corrected chi connectivity index (χ1v) is 6.49. The van der Waals surface area contributed by atoms with E-state index in [2.05, 4.69) is 51.8 Å². The van der Waals surface area contributed by atoms with Gasteiger partial charge in [-0.3, -0.25) is 0 Å². The van der Waals surface area contributed by atoms with Gasteiger partial charge in [0.15, 0.2) is 0 Å². The van der Waals surface area contributed by atoms with Crippen LogP contribution in [0, 0.1) is 5.92 Å². The summed E-state index contributed by atoms with van der Waals surface area (Å²) in [7, 11) is 2.06. The molecule has 1 nitrogen and oxygen atoms in total. The molecule has 80 valence electrons. The van der Waals surface area contributed by atoms with Gasteiger partial charge in [0.2, 0.25) is 0 Å². The Kier molecular flexibility index (Phi) is 7.87. The second kappa shape index (κ2) is 7.69. The van der Waals surface area contributed by atoms with Crippen molar-refractivity contribution in [2.24, 2.45) is 5.92 Å². The van der Waals surface area contributed by atoms with Gasteiger partial charge in [-0.05, 0) is 25.1 Å². The highest BCUT2D eigenvalue weighted by Crippen LogP contribution is 2.20. The van der Waals surface area contributed by atoms with Gasteiger partial charge in [-0.25, -0.2) is 0 Å². The molecule has 13 heavy (non-hydrogen) atoms. The molecule has 0 radical (unpaired) electrons. The molecule has 0 aromatic heterocycles. The molecule has 0 aliphatic carbocycles. The molecular weight excluding hydrogens is 178 g/mol. The Bertz CT molecular complexity index is 113. The molecule has 0 aromatic carbocycles. The predicted octanol–water partition coefficient (Wildman–Crippen LogP) is 3.15. The summed E-state index contributed by atoms with van der Waals surface area (Å²) in [5, 5.41) is 4.11. The Morgan fingerprint density at radius 2 is 1.77 bits per heavy atom. The molecule has 3 unspecified atom stereocenters. The fraction of sp³-hybridized carbons (Fsp3) is 1.00. The molecule has 0 fully saturated rings. The molecule has 0 amide bonds. The lowest BCUT2D eigenvalue weighted by Crippen LogP contribution is -2.33. The van der Waals surface area contributed by atoms with E-state index in [4.69, 9.17) is 0 Å². The van der Waals surface area contributed by atoms with Crippen LogP contribution in [0.4, 0.5) is 0 Å². The van der Waals surface area contributed by atoms with Crippen LogP contribution in [0.5, 0.6) is 0 Å². The van der Waals surface area contributed by atoms with E-state index >= 15 is 0 Å². The Morgan fingerprint density at radius 3 is 2.15 bits per heavy atom. The Labute approximate surface area is 88.1 Å². The minimum atomic E-state index is 0.675. The molecule has 0 heterocycles. The molecular formula is C11H25NS. The van der Waals surface area contributed by atoms with Crippen LogP contribution in [0.15, 0.2) is 0 Å². The van der Waals surface area contributed by atoms with Crippen LogP contribution < -0.4 is 5.32 Å². The van der Waals surface area contributed by atoms with Crippen LogP contribution >= 0.6 is 11.8 Å². The van der Waals surface area contributed by atoms with Crippen molar-refractivity contribution in [2.45, 2.75) is 51.8 Å². The average molecular weight is 203 g/mol. The van der Waals surface area contributed by atoms with Crippen LogP contribution in [0.2, 0.25) is 0 Å². The second-order valence-electron chi connectivity index (χ2n) is 3.86. The molecule has 0 aromatic rings.